The van der Waals surface area contributed by atoms with Gasteiger partial charge in [0.15, 0.2) is 0 Å². The number of hydrogen-bond donors (Lipinski definition) is 4. The van der Waals surface area contributed by atoms with Crippen LogP contribution in [0.4, 0.5) is 9.59 Å². The molecule has 0 radical (unpaired) electrons. The molecule has 6 fully saturated rings. The number of ether oxygens (including phenoxy) is 1. The third-order valence-corrected chi connectivity index (χ3v) is 14.7. The normalized spacial score (nSPS) is 26.2. The highest BCUT2D eigenvalue weighted by atomic mass is 16.5. The van der Waals surface area contributed by atoms with E-state index >= 15 is 0 Å². The number of methoxy groups -OCH3 is 1. The first-order valence-corrected chi connectivity index (χ1v) is 22.6. The summed E-state index contributed by atoms with van der Waals surface area (Å²) in [6.07, 6.45) is 13.9. The Morgan fingerprint density at radius 1 is 0.721 bits per heavy atom. The fourth-order valence-corrected chi connectivity index (χ4v) is 10.8. The first-order chi connectivity index (χ1) is 29.3. The maximum atomic E-state index is 14.0. The second-order valence-electron chi connectivity index (χ2n) is 18.9. The lowest BCUT2D eigenvalue weighted by atomic mass is 9.51. The summed E-state index contributed by atoms with van der Waals surface area (Å²) in [7, 11) is 1.31. The van der Waals surface area contributed by atoms with E-state index in [0.29, 0.717) is 39.0 Å². The van der Waals surface area contributed by atoms with E-state index in [1.807, 2.05) is 49.9 Å². The number of Topliss-reactive ketones (excluding diaryl/α,β-unsaturated/α-hetero) is 1. The Bertz CT molecular complexity index is 2070. The van der Waals surface area contributed by atoms with E-state index in [4.69, 9.17) is 14.7 Å². The number of likely N-dealkylation sites (tertiary alicyclic amines) is 3. The molecule has 3 saturated carbocycles. The molecule has 2 aromatic heterocycles. The van der Waals surface area contributed by atoms with Crippen LogP contribution < -0.4 is 10.6 Å². The molecule has 4 atom stereocenters. The van der Waals surface area contributed by atoms with Gasteiger partial charge in [-0.25, -0.2) is 19.6 Å². The van der Waals surface area contributed by atoms with E-state index in [2.05, 4.69) is 44.9 Å². The molecule has 9 rings (SSSR count). The predicted molar refractivity (Wildman–Crippen MR) is 228 cm³/mol. The lowest BCUT2D eigenvalue weighted by Gasteiger charge is -2.53. The van der Waals surface area contributed by atoms with Crippen molar-refractivity contribution < 1.29 is 28.7 Å². The number of aromatic nitrogens is 4. The monoisotopic (exact) mass is 837 g/mol. The first kappa shape index (κ1) is 42.5. The Hall–Kier alpha value is -5.21. The van der Waals surface area contributed by atoms with Gasteiger partial charge in [-0.3, -0.25) is 14.4 Å². The molecule has 5 amide bonds. The maximum absolute atomic E-state index is 14.0. The van der Waals surface area contributed by atoms with E-state index in [1.165, 1.54) is 18.4 Å². The summed E-state index contributed by atoms with van der Waals surface area (Å²) in [6.45, 7) is 9.75. The zero-order valence-electron chi connectivity index (χ0n) is 36.4. The number of H-pyrrole nitrogens is 2. The standard InChI is InChI=1S/C46H63N9O6/c1-28(2)37(51-43(59)53-24-14-32(56)15-25-53)41(57)54-22-6-8-34(54)39-47-26-33(49-39)30-10-12-31(13-11-30)45-16-19-46(20-17-45,21-18-45)36-27-48-40(50-36)35-9-7-23-55(35)42(58)38(29(3)4)52-44(60)61-5/h10-13,26-29,34-35,37-38H,6-9,14-25H2,1-5H3,(H,47,49)(H,48,50)(H,51,59)(H,52,60)/t34-,35-,37-,38-,45?,46?/m0/s1. The highest BCUT2D eigenvalue weighted by Gasteiger charge is 2.51. The second kappa shape index (κ2) is 17.3. The van der Waals surface area contributed by atoms with E-state index in [-0.39, 0.29) is 58.4 Å². The van der Waals surface area contributed by atoms with Crippen molar-refractivity contribution >= 4 is 29.7 Å². The molecule has 3 aliphatic heterocycles. The number of nitrogens with zero attached hydrogens (tertiary/aromatic N) is 5. The number of carbonyl (C=O) groups excluding carboxylic acids is 5. The Morgan fingerprint density at radius 3 is 1.80 bits per heavy atom. The fraction of sp³-hybridized carbons (Fsp3) is 0.630. The molecule has 3 aliphatic carbocycles. The molecule has 61 heavy (non-hydrogen) atoms. The average molecular weight is 838 g/mol. The van der Waals surface area contributed by atoms with Gasteiger partial charge in [0.05, 0.1) is 31.1 Å². The summed E-state index contributed by atoms with van der Waals surface area (Å²) in [5.41, 5.74) is 4.69. The summed E-state index contributed by atoms with van der Waals surface area (Å²) < 4.78 is 4.80. The van der Waals surface area contributed by atoms with E-state index < -0.39 is 18.2 Å². The molecular weight excluding hydrogens is 775 g/mol. The number of alkyl carbamates (subject to hydrolysis) is 1. The van der Waals surface area contributed by atoms with Crippen LogP contribution in [-0.2, 0) is 30.0 Å². The van der Waals surface area contributed by atoms with Crippen LogP contribution >= 0.6 is 0 Å². The molecule has 1 aromatic carbocycles. The fourth-order valence-electron chi connectivity index (χ4n) is 10.8. The number of amides is 5. The Labute approximate surface area is 358 Å². The van der Waals surface area contributed by atoms with Crippen molar-refractivity contribution in [3.8, 4) is 11.3 Å². The quantitative estimate of drug-likeness (QED) is 0.170. The van der Waals surface area contributed by atoms with Crippen LogP contribution in [0.5, 0.6) is 0 Å². The Kier molecular flexibility index (Phi) is 12.0. The van der Waals surface area contributed by atoms with E-state index in [0.717, 1.165) is 87.1 Å². The van der Waals surface area contributed by atoms with Gasteiger partial charge in [-0.1, -0.05) is 52.0 Å². The Morgan fingerprint density at radius 2 is 1.25 bits per heavy atom. The lowest BCUT2D eigenvalue weighted by molar-refractivity contribution is -0.136. The molecule has 328 valence electrons. The summed E-state index contributed by atoms with van der Waals surface area (Å²) in [5.74, 6) is 1.37. The SMILES string of the molecule is COC(=O)N[C@H](C(=O)N1CCC[C@H]1c1ncc(C23CCC(c4ccc(-c5cnc([C@@H]6CCCN6C(=O)[C@@H](NC(=O)N6CCC(=O)CC6)C(C)C)[nH]5)cc4)(CC2)CC3)[nH]1)C(C)C. The van der Waals surface area contributed by atoms with Gasteiger partial charge in [0.25, 0.3) is 0 Å². The van der Waals surface area contributed by atoms with Crippen LogP contribution in [0.3, 0.4) is 0 Å². The Balaban J connectivity index is 0.893. The predicted octanol–water partition coefficient (Wildman–Crippen LogP) is 6.45. The van der Waals surface area contributed by atoms with Crippen LogP contribution in [0.25, 0.3) is 11.3 Å². The van der Waals surface area contributed by atoms with Gasteiger partial charge in [0.1, 0.15) is 29.5 Å². The molecule has 3 saturated heterocycles. The highest BCUT2D eigenvalue weighted by molar-refractivity contribution is 5.89. The summed E-state index contributed by atoms with van der Waals surface area (Å²) in [5, 5.41) is 5.73. The molecule has 5 heterocycles. The number of rotatable bonds is 11. The molecule has 2 bridgehead atoms. The van der Waals surface area contributed by atoms with Crippen molar-refractivity contribution in [2.24, 2.45) is 11.8 Å². The smallest absolute Gasteiger partial charge is 0.407 e. The molecule has 0 unspecified atom stereocenters. The zero-order valence-corrected chi connectivity index (χ0v) is 36.4. The van der Waals surface area contributed by atoms with Crippen molar-refractivity contribution in [1.29, 1.82) is 0 Å². The van der Waals surface area contributed by atoms with Gasteiger partial charge in [-0.15, -0.1) is 0 Å². The molecule has 15 heteroatoms. The number of hydrogen-bond acceptors (Lipinski definition) is 8. The van der Waals surface area contributed by atoms with Gasteiger partial charge >= 0.3 is 12.1 Å². The number of imidazole rings is 2. The van der Waals surface area contributed by atoms with Gasteiger partial charge < -0.3 is 40.0 Å². The van der Waals surface area contributed by atoms with Gasteiger partial charge in [-0.2, -0.15) is 0 Å². The van der Waals surface area contributed by atoms with Gasteiger partial charge in [0, 0.05) is 56.3 Å². The third-order valence-electron chi connectivity index (χ3n) is 14.7. The number of carbonyl (C=O) groups is 5. The highest BCUT2D eigenvalue weighted by Crippen LogP contribution is 2.58. The van der Waals surface area contributed by atoms with Crippen LogP contribution in [0.1, 0.15) is 140 Å². The average Bonchev–Trinajstić information content (AvgIpc) is 4.12. The third kappa shape index (κ3) is 8.28. The molecule has 15 nitrogen and oxygen atoms in total. The molecule has 3 aromatic rings. The number of benzene rings is 1. The van der Waals surface area contributed by atoms with Crippen molar-refractivity contribution in [2.45, 2.75) is 140 Å². The summed E-state index contributed by atoms with van der Waals surface area (Å²) in [6, 6.07) is 6.97. The largest absolute Gasteiger partial charge is 0.453 e. The molecule has 6 aliphatic rings. The minimum Gasteiger partial charge on any atom is -0.453 e. The van der Waals surface area contributed by atoms with Crippen molar-refractivity contribution in [3.63, 3.8) is 0 Å². The second-order valence-corrected chi connectivity index (χ2v) is 18.9. The number of aromatic amines is 2. The number of urea groups is 1. The number of ketones is 1. The topological polar surface area (TPSA) is 186 Å². The van der Waals surface area contributed by atoms with E-state index in [9.17, 15) is 24.0 Å². The molecule has 4 N–H and O–H groups in total. The van der Waals surface area contributed by atoms with Gasteiger partial charge in [0.2, 0.25) is 11.8 Å². The first-order valence-electron chi connectivity index (χ1n) is 22.6. The van der Waals surface area contributed by atoms with Crippen LogP contribution in [0.2, 0.25) is 0 Å². The van der Waals surface area contributed by atoms with E-state index in [1.54, 1.807) is 4.90 Å². The summed E-state index contributed by atoms with van der Waals surface area (Å²) in [4.78, 5) is 86.9. The van der Waals surface area contributed by atoms with Gasteiger partial charge in [-0.05, 0) is 92.6 Å². The lowest BCUT2D eigenvalue weighted by Crippen LogP contribution is -2.55. The zero-order chi connectivity index (χ0) is 43.1. The van der Waals surface area contributed by atoms with Crippen molar-refractivity contribution in [3.05, 3.63) is 59.6 Å². The van der Waals surface area contributed by atoms with Crippen molar-refractivity contribution in [2.75, 3.05) is 33.3 Å². The van der Waals surface area contributed by atoms with Crippen LogP contribution in [-0.4, -0.2) is 110 Å². The van der Waals surface area contributed by atoms with Crippen LogP contribution in [0.15, 0.2) is 36.7 Å². The number of piperidine rings is 1. The number of fused-ring (bicyclic) bond motifs is 3. The summed E-state index contributed by atoms with van der Waals surface area (Å²) >= 11 is 0. The van der Waals surface area contributed by atoms with Crippen molar-refractivity contribution in [1.82, 2.24) is 45.3 Å². The minimum atomic E-state index is -0.671. The maximum Gasteiger partial charge on any atom is 0.407 e. The molecule has 0 spiro atoms. The number of nitrogens with one attached hydrogen (secondary N) is 4. The molecular formula is C46H63N9O6. The van der Waals surface area contributed by atoms with Crippen LogP contribution in [0, 0.1) is 11.8 Å². The minimum absolute atomic E-state index is 0.0465.